The van der Waals surface area contributed by atoms with E-state index >= 15 is 0 Å². The number of amides is 1. The van der Waals surface area contributed by atoms with Gasteiger partial charge in [0.15, 0.2) is 0 Å². The molecule has 19 heavy (non-hydrogen) atoms. The Morgan fingerprint density at radius 3 is 2.58 bits per heavy atom. The van der Waals surface area contributed by atoms with Gasteiger partial charge in [0.05, 0.1) is 12.6 Å². The zero-order valence-electron chi connectivity index (χ0n) is 11.7. The summed E-state index contributed by atoms with van der Waals surface area (Å²) in [6, 6.07) is 9.72. The lowest BCUT2D eigenvalue weighted by Crippen LogP contribution is -2.33. The van der Waals surface area contributed by atoms with Gasteiger partial charge in [-0.1, -0.05) is 44.2 Å². The predicted molar refractivity (Wildman–Crippen MR) is 74.1 cm³/mol. The van der Waals surface area contributed by atoms with Crippen LogP contribution in [-0.2, 0) is 16.2 Å². The summed E-state index contributed by atoms with van der Waals surface area (Å²) in [7, 11) is 0. The van der Waals surface area contributed by atoms with Crippen molar-refractivity contribution in [3.63, 3.8) is 0 Å². The maximum Gasteiger partial charge on any atom is 0.245 e. The fourth-order valence-electron chi connectivity index (χ4n) is 1.63. The normalized spacial score (nSPS) is 12.2. The summed E-state index contributed by atoms with van der Waals surface area (Å²) in [5.41, 5.74) is 1.02. The number of carbonyl (C=O) groups excluding carboxylic acids is 1. The van der Waals surface area contributed by atoms with Crippen molar-refractivity contribution < 1.29 is 14.7 Å². The third kappa shape index (κ3) is 5.85. The minimum Gasteiger partial charge on any atom is -0.393 e. The molecule has 1 aromatic carbocycles. The molecule has 0 aromatic heterocycles. The van der Waals surface area contributed by atoms with Crippen LogP contribution in [0.15, 0.2) is 30.3 Å². The van der Waals surface area contributed by atoms with E-state index in [9.17, 15) is 9.90 Å². The lowest BCUT2D eigenvalue weighted by Gasteiger charge is -2.22. The van der Waals surface area contributed by atoms with E-state index in [2.05, 4.69) is 0 Å². The largest absolute Gasteiger partial charge is 0.393 e. The van der Waals surface area contributed by atoms with E-state index in [0.29, 0.717) is 32.4 Å². The molecule has 0 saturated carbocycles. The Labute approximate surface area is 114 Å². The first-order valence-corrected chi connectivity index (χ1v) is 6.82. The van der Waals surface area contributed by atoms with Crippen molar-refractivity contribution in [2.75, 3.05) is 6.54 Å². The van der Waals surface area contributed by atoms with E-state index in [-0.39, 0.29) is 12.0 Å². The Kier molecular flexibility index (Phi) is 7.15. The second kappa shape index (κ2) is 8.67. The van der Waals surface area contributed by atoms with Crippen LogP contribution in [0.4, 0.5) is 0 Å². The smallest absolute Gasteiger partial charge is 0.245 e. The number of hydroxylamine groups is 2. The topological polar surface area (TPSA) is 49.8 Å². The first kappa shape index (κ1) is 15.7. The Morgan fingerprint density at radius 1 is 1.32 bits per heavy atom. The number of carbonyl (C=O) groups is 1. The fraction of sp³-hybridized carbons (Fsp3) is 0.533. The van der Waals surface area contributed by atoms with Gasteiger partial charge in [-0.25, -0.2) is 5.06 Å². The highest BCUT2D eigenvalue weighted by Crippen LogP contribution is 2.07. The fourth-order valence-corrected chi connectivity index (χ4v) is 1.63. The van der Waals surface area contributed by atoms with Crippen LogP contribution in [0.1, 0.15) is 38.7 Å². The molecule has 1 amide bonds. The second-order valence-corrected chi connectivity index (χ2v) is 4.46. The van der Waals surface area contributed by atoms with Crippen LogP contribution in [-0.4, -0.2) is 28.7 Å². The van der Waals surface area contributed by atoms with Gasteiger partial charge in [0.1, 0.15) is 6.61 Å². The number of aliphatic hydroxyl groups excluding tert-OH is 1. The molecular weight excluding hydrogens is 242 g/mol. The van der Waals surface area contributed by atoms with Gasteiger partial charge in [-0.15, -0.1) is 0 Å². The number of hydrogen-bond acceptors (Lipinski definition) is 3. The molecule has 1 unspecified atom stereocenters. The van der Waals surface area contributed by atoms with Gasteiger partial charge in [-0.3, -0.25) is 9.63 Å². The Balaban J connectivity index is 2.48. The molecule has 0 bridgehead atoms. The van der Waals surface area contributed by atoms with E-state index in [0.717, 1.165) is 5.56 Å². The number of rotatable bonds is 8. The average molecular weight is 265 g/mol. The van der Waals surface area contributed by atoms with Crippen LogP contribution < -0.4 is 0 Å². The van der Waals surface area contributed by atoms with Crippen molar-refractivity contribution in [3.05, 3.63) is 35.9 Å². The van der Waals surface area contributed by atoms with Gasteiger partial charge in [0.2, 0.25) is 5.91 Å². The molecule has 1 rings (SSSR count). The summed E-state index contributed by atoms with van der Waals surface area (Å²) in [5, 5.41) is 10.9. The Hall–Kier alpha value is -1.39. The van der Waals surface area contributed by atoms with E-state index < -0.39 is 0 Å². The lowest BCUT2D eigenvalue weighted by molar-refractivity contribution is -0.193. The quantitative estimate of drug-likeness (QED) is 0.735. The van der Waals surface area contributed by atoms with Gasteiger partial charge >= 0.3 is 0 Å². The highest BCUT2D eigenvalue weighted by molar-refractivity contribution is 5.74. The predicted octanol–water partition coefficient (Wildman–Crippen LogP) is 2.52. The summed E-state index contributed by atoms with van der Waals surface area (Å²) >= 11 is 0. The highest BCUT2D eigenvalue weighted by Gasteiger charge is 2.14. The SMILES string of the molecule is CCC(=O)N(CCC(O)CC)OCc1ccccc1. The Morgan fingerprint density at radius 2 is 2.00 bits per heavy atom. The summed E-state index contributed by atoms with van der Waals surface area (Å²) in [6.45, 7) is 4.52. The van der Waals surface area contributed by atoms with Crippen molar-refractivity contribution in [1.29, 1.82) is 0 Å². The molecule has 4 heteroatoms. The zero-order chi connectivity index (χ0) is 14.1. The lowest BCUT2D eigenvalue weighted by atomic mass is 10.2. The van der Waals surface area contributed by atoms with Crippen LogP contribution in [0.25, 0.3) is 0 Å². The molecule has 1 aromatic rings. The van der Waals surface area contributed by atoms with Crippen molar-refractivity contribution in [3.8, 4) is 0 Å². The number of nitrogens with zero attached hydrogens (tertiary/aromatic N) is 1. The molecule has 1 N–H and O–H groups in total. The van der Waals surface area contributed by atoms with Crippen molar-refractivity contribution >= 4 is 5.91 Å². The molecule has 0 saturated heterocycles. The molecule has 1 atom stereocenters. The van der Waals surface area contributed by atoms with Gasteiger partial charge < -0.3 is 5.11 Å². The minimum absolute atomic E-state index is 0.0563. The van der Waals surface area contributed by atoms with Gasteiger partial charge in [0, 0.05) is 6.42 Å². The van der Waals surface area contributed by atoms with Gasteiger partial charge in [-0.05, 0) is 18.4 Å². The van der Waals surface area contributed by atoms with Crippen LogP contribution in [0.5, 0.6) is 0 Å². The first-order chi connectivity index (χ1) is 9.17. The second-order valence-electron chi connectivity index (χ2n) is 4.46. The number of benzene rings is 1. The molecule has 0 aliphatic rings. The summed E-state index contributed by atoms with van der Waals surface area (Å²) in [5.74, 6) is -0.0563. The molecule has 4 nitrogen and oxygen atoms in total. The van der Waals surface area contributed by atoms with Crippen LogP contribution in [0, 0.1) is 0 Å². The monoisotopic (exact) mass is 265 g/mol. The van der Waals surface area contributed by atoms with Gasteiger partial charge in [0.25, 0.3) is 0 Å². The number of hydrogen-bond donors (Lipinski definition) is 1. The van der Waals surface area contributed by atoms with E-state index in [1.54, 1.807) is 6.92 Å². The van der Waals surface area contributed by atoms with Crippen LogP contribution in [0.2, 0.25) is 0 Å². The standard InChI is InChI=1S/C15H23NO3/c1-3-14(17)10-11-16(15(18)4-2)19-12-13-8-6-5-7-9-13/h5-9,14,17H,3-4,10-12H2,1-2H3. The number of aliphatic hydroxyl groups is 1. The molecular formula is C15H23NO3. The molecule has 0 fully saturated rings. The van der Waals surface area contributed by atoms with E-state index in [1.807, 2.05) is 37.3 Å². The Bertz CT molecular complexity index is 367. The summed E-state index contributed by atoms with van der Waals surface area (Å²) < 4.78 is 0. The van der Waals surface area contributed by atoms with Crippen molar-refractivity contribution in [2.45, 2.75) is 45.8 Å². The molecule has 106 valence electrons. The molecule has 0 aliphatic heterocycles. The van der Waals surface area contributed by atoms with Crippen molar-refractivity contribution in [1.82, 2.24) is 5.06 Å². The van der Waals surface area contributed by atoms with E-state index in [1.165, 1.54) is 5.06 Å². The highest BCUT2D eigenvalue weighted by atomic mass is 16.7. The molecule has 0 aliphatic carbocycles. The minimum atomic E-state index is -0.382. The third-order valence-corrected chi connectivity index (χ3v) is 2.95. The van der Waals surface area contributed by atoms with Gasteiger partial charge in [-0.2, -0.15) is 0 Å². The maximum absolute atomic E-state index is 11.8. The van der Waals surface area contributed by atoms with Crippen LogP contribution >= 0.6 is 0 Å². The third-order valence-electron chi connectivity index (χ3n) is 2.95. The average Bonchev–Trinajstić information content (AvgIpc) is 2.47. The first-order valence-electron chi connectivity index (χ1n) is 6.82. The zero-order valence-corrected chi connectivity index (χ0v) is 11.7. The molecule has 0 heterocycles. The summed E-state index contributed by atoms with van der Waals surface area (Å²) in [6.07, 6.45) is 1.24. The molecule has 0 spiro atoms. The van der Waals surface area contributed by atoms with Crippen LogP contribution in [0.3, 0.4) is 0 Å². The van der Waals surface area contributed by atoms with E-state index in [4.69, 9.17) is 4.84 Å². The maximum atomic E-state index is 11.8. The van der Waals surface area contributed by atoms with Crippen molar-refractivity contribution in [2.24, 2.45) is 0 Å². The summed E-state index contributed by atoms with van der Waals surface area (Å²) in [4.78, 5) is 17.3. The molecule has 0 radical (unpaired) electrons.